The van der Waals surface area contributed by atoms with Crippen molar-refractivity contribution in [3.8, 4) is 0 Å². The molecule has 0 radical (unpaired) electrons. The van der Waals surface area contributed by atoms with Gasteiger partial charge in [-0.1, -0.05) is 19.9 Å². The van der Waals surface area contributed by atoms with E-state index in [4.69, 9.17) is 0 Å². The molecule has 0 spiro atoms. The first-order valence-electron chi connectivity index (χ1n) is 4.49. The van der Waals surface area contributed by atoms with Crippen LogP contribution in [0, 0.1) is 5.82 Å². The first-order valence-corrected chi connectivity index (χ1v) is 4.49. The van der Waals surface area contributed by atoms with Crippen molar-refractivity contribution in [2.75, 3.05) is 0 Å². The summed E-state index contributed by atoms with van der Waals surface area (Å²) in [5.74, 6) is 0.00954. The molecule has 0 fully saturated rings. The summed E-state index contributed by atoms with van der Waals surface area (Å²) in [6.07, 6.45) is -0.604. The normalized spacial score (nSPS) is 13.4. The van der Waals surface area contributed by atoms with Gasteiger partial charge in [0, 0.05) is 0 Å². The number of rotatable bonds is 2. The molecule has 1 aromatic rings. The second-order valence-corrected chi connectivity index (χ2v) is 3.65. The number of aliphatic hydroxyl groups is 1. The molecule has 1 N–H and O–H groups in total. The predicted molar refractivity (Wildman–Crippen MR) is 51.1 cm³/mol. The van der Waals surface area contributed by atoms with Crippen LogP contribution in [0.5, 0.6) is 0 Å². The SMILES string of the molecule is CC(C)c1cc(F)cc(C(C)O)c1. The molecule has 0 bridgehead atoms. The van der Waals surface area contributed by atoms with Crippen molar-refractivity contribution in [2.45, 2.75) is 32.8 Å². The Hall–Kier alpha value is -0.890. The van der Waals surface area contributed by atoms with E-state index in [1.807, 2.05) is 19.9 Å². The van der Waals surface area contributed by atoms with Crippen LogP contribution in [0.25, 0.3) is 0 Å². The molecule has 72 valence electrons. The van der Waals surface area contributed by atoms with Gasteiger partial charge in [0.25, 0.3) is 0 Å². The van der Waals surface area contributed by atoms with E-state index in [2.05, 4.69) is 0 Å². The minimum absolute atomic E-state index is 0.276. The summed E-state index contributed by atoms with van der Waals surface area (Å²) in [5, 5.41) is 9.29. The fraction of sp³-hybridized carbons (Fsp3) is 0.455. The predicted octanol–water partition coefficient (Wildman–Crippen LogP) is 3.00. The highest BCUT2D eigenvalue weighted by Gasteiger charge is 2.07. The molecular formula is C11H15FO. The third kappa shape index (κ3) is 2.52. The third-order valence-electron chi connectivity index (χ3n) is 2.09. The Labute approximate surface area is 78.2 Å². The maximum Gasteiger partial charge on any atom is 0.123 e. The largest absolute Gasteiger partial charge is 0.389 e. The Bertz CT molecular complexity index is 266. The molecule has 0 aliphatic rings. The number of hydrogen-bond donors (Lipinski definition) is 1. The number of halogens is 1. The number of benzene rings is 1. The zero-order valence-corrected chi connectivity index (χ0v) is 8.21. The van der Waals surface area contributed by atoms with Gasteiger partial charge in [-0.25, -0.2) is 4.39 Å². The zero-order chi connectivity index (χ0) is 10.0. The number of hydrogen-bond acceptors (Lipinski definition) is 1. The Kier molecular flexibility index (Phi) is 3.04. The molecular weight excluding hydrogens is 167 g/mol. The van der Waals surface area contributed by atoms with Gasteiger partial charge in [-0.3, -0.25) is 0 Å². The van der Waals surface area contributed by atoms with Crippen molar-refractivity contribution in [1.29, 1.82) is 0 Å². The molecule has 1 nitrogen and oxygen atoms in total. The fourth-order valence-electron chi connectivity index (χ4n) is 1.21. The van der Waals surface area contributed by atoms with Gasteiger partial charge in [0.2, 0.25) is 0 Å². The van der Waals surface area contributed by atoms with Crippen LogP contribution >= 0.6 is 0 Å². The quantitative estimate of drug-likeness (QED) is 0.745. The summed E-state index contributed by atoms with van der Waals surface area (Å²) in [5.41, 5.74) is 1.57. The van der Waals surface area contributed by atoms with E-state index in [0.29, 0.717) is 5.56 Å². The standard InChI is InChI=1S/C11H15FO/c1-7(2)9-4-10(8(3)13)6-11(12)5-9/h4-8,13H,1-3H3. The second-order valence-electron chi connectivity index (χ2n) is 3.65. The molecule has 13 heavy (non-hydrogen) atoms. The summed E-state index contributed by atoms with van der Waals surface area (Å²) in [4.78, 5) is 0. The van der Waals surface area contributed by atoms with Gasteiger partial charge >= 0.3 is 0 Å². The van der Waals surface area contributed by atoms with E-state index < -0.39 is 6.10 Å². The third-order valence-corrected chi connectivity index (χ3v) is 2.09. The van der Waals surface area contributed by atoms with Crippen LogP contribution in [0.15, 0.2) is 18.2 Å². The highest BCUT2D eigenvalue weighted by Crippen LogP contribution is 2.21. The summed E-state index contributed by atoms with van der Waals surface area (Å²) in [6, 6.07) is 4.73. The van der Waals surface area contributed by atoms with Gasteiger partial charge in [-0.2, -0.15) is 0 Å². The molecule has 1 aromatic carbocycles. The first kappa shape index (κ1) is 10.2. The lowest BCUT2D eigenvalue weighted by molar-refractivity contribution is 0.198. The van der Waals surface area contributed by atoms with Crippen LogP contribution in [0.1, 0.15) is 43.9 Å². The Morgan fingerprint density at radius 1 is 1.08 bits per heavy atom. The van der Waals surface area contributed by atoms with Crippen molar-refractivity contribution >= 4 is 0 Å². The van der Waals surface area contributed by atoms with Crippen LogP contribution in [-0.4, -0.2) is 5.11 Å². The zero-order valence-electron chi connectivity index (χ0n) is 8.21. The van der Waals surface area contributed by atoms with Crippen LogP contribution in [0.3, 0.4) is 0 Å². The summed E-state index contributed by atoms with van der Waals surface area (Å²) < 4.78 is 13.0. The minimum atomic E-state index is -0.604. The minimum Gasteiger partial charge on any atom is -0.389 e. The Morgan fingerprint density at radius 3 is 2.08 bits per heavy atom. The van der Waals surface area contributed by atoms with E-state index in [9.17, 15) is 9.50 Å². The average Bonchev–Trinajstić information content (AvgIpc) is 2.03. The first-order chi connectivity index (χ1) is 6.00. The van der Waals surface area contributed by atoms with E-state index in [0.717, 1.165) is 5.56 Å². The molecule has 1 atom stereocenters. The lowest BCUT2D eigenvalue weighted by atomic mass is 9.99. The smallest absolute Gasteiger partial charge is 0.123 e. The summed E-state index contributed by atoms with van der Waals surface area (Å²) >= 11 is 0. The number of aliphatic hydroxyl groups excluding tert-OH is 1. The van der Waals surface area contributed by atoms with Crippen LogP contribution < -0.4 is 0 Å². The monoisotopic (exact) mass is 182 g/mol. The van der Waals surface area contributed by atoms with Crippen molar-refractivity contribution in [1.82, 2.24) is 0 Å². The van der Waals surface area contributed by atoms with Gasteiger partial charge in [-0.05, 0) is 36.1 Å². The molecule has 0 heterocycles. The van der Waals surface area contributed by atoms with Gasteiger partial charge < -0.3 is 5.11 Å². The van der Waals surface area contributed by atoms with Crippen molar-refractivity contribution in [3.63, 3.8) is 0 Å². The maximum absolute atomic E-state index is 13.0. The van der Waals surface area contributed by atoms with E-state index >= 15 is 0 Å². The van der Waals surface area contributed by atoms with Crippen LogP contribution in [0.2, 0.25) is 0 Å². The van der Waals surface area contributed by atoms with E-state index in [-0.39, 0.29) is 11.7 Å². The van der Waals surface area contributed by atoms with Crippen molar-refractivity contribution in [3.05, 3.63) is 35.1 Å². The van der Waals surface area contributed by atoms with Crippen LogP contribution in [-0.2, 0) is 0 Å². The topological polar surface area (TPSA) is 20.2 Å². The van der Waals surface area contributed by atoms with Gasteiger partial charge in [0.1, 0.15) is 5.82 Å². The molecule has 0 aromatic heterocycles. The molecule has 1 unspecified atom stereocenters. The highest BCUT2D eigenvalue weighted by atomic mass is 19.1. The van der Waals surface area contributed by atoms with Crippen molar-refractivity contribution in [2.24, 2.45) is 0 Å². The maximum atomic E-state index is 13.0. The average molecular weight is 182 g/mol. The molecule has 1 rings (SSSR count). The molecule has 0 saturated heterocycles. The molecule has 0 aliphatic heterocycles. The summed E-state index contributed by atoms with van der Waals surface area (Å²) in [7, 11) is 0. The van der Waals surface area contributed by atoms with E-state index in [1.54, 1.807) is 6.92 Å². The van der Waals surface area contributed by atoms with Gasteiger partial charge in [0.05, 0.1) is 6.10 Å². The van der Waals surface area contributed by atoms with Gasteiger partial charge in [0.15, 0.2) is 0 Å². The molecule has 0 aliphatic carbocycles. The van der Waals surface area contributed by atoms with E-state index in [1.165, 1.54) is 12.1 Å². The summed E-state index contributed by atoms with van der Waals surface area (Å²) in [6.45, 7) is 5.64. The Morgan fingerprint density at radius 2 is 1.62 bits per heavy atom. The molecule has 0 amide bonds. The lowest BCUT2D eigenvalue weighted by Gasteiger charge is -2.10. The highest BCUT2D eigenvalue weighted by molar-refractivity contribution is 5.27. The molecule has 0 saturated carbocycles. The Balaban J connectivity index is 3.11. The van der Waals surface area contributed by atoms with Gasteiger partial charge in [-0.15, -0.1) is 0 Å². The van der Waals surface area contributed by atoms with Crippen molar-refractivity contribution < 1.29 is 9.50 Å². The second kappa shape index (κ2) is 3.88. The molecule has 2 heteroatoms. The fourth-order valence-corrected chi connectivity index (χ4v) is 1.21. The lowest BCUT2D eigenvalue weighted by Crippen LogP contribution is -1.96. The van der Waals surface area contributed by atoms with Crippen LogP contribution in [0.4, 0.5) is 4.39 Å².